The molecule has 3 aromatic rings. The fraction of sp³-hybridized carbons (Fsp3) is 0.111. The number of hydrogen-bond acceptors (Lipinski definition) is 3. The molecule has 2 N–H and O–H groups in total. The first-order valence-electron chi connectivity index (χ1n) is 7.67. The number of methoxy groups -OCH3 is 1. The number of urea groups is 1. The molecule has 134 valence electrons. The van der Waals surface area contributed by atoms with E-state index in [-0.39, 0.29) is 5.69 Å². The van der Waals surface area contributed by atoms with Crippen molar-refractivity contribution in [2.24, 2.45) is 7.05 Å². The molecule has 0 unspecified atom stereocenters. The van der Waals surface area contributed by atoms with Gasteiger partial charge in [-0.05, 0) is 36.4 Å². The van der Waals surface area contributed by atoms with Crippen molar-refractivity contribution in [2.45, 2.75) is 0 Å². The number of benzene rings is 2. The van der Waals surface area contributed by atoms with Crippen LogP contribution in [0.1, 0.15) is 0 Å². The Bertz CT molecular complexity index is 939. The van der Waals surface area contributed by atoms with Gasteiger partial charge in [0, 0.05) is 29.0 Å². The largest absolute Gasteiger partial charge is 0.496 e. The fourth-order valence-corrected chi connectivity index (χ4v) is 2.73. The maximum Gasteiger partial charge on any atom is 0.323 e. The number of halogens is 2. The Balaban J connectivity index is 1.85. The van der Waals surface area contributed by atoms with Crippen molar-refractivity contribution in [1.29, 1.82) is 0 Å². The smallest absolute Gasteiger partial charge is 0.323 e. The highest BCUT2D eigenvalue weighted by molar-refractivity contribution is 6.30. The maximum absolute atomic E-state index is 14.1. The average Bonchev–Trinajstić information content (AvgIpc) is 2.93. The Morgan fingerprint density at radius 1 is 1.19 bits per heavy atom. The first-order valence-corrected chi connectivity index (χ1v) is 8.05. The number of nitrogens with zero attached hydrogens (tertiary/aromatic N) is 2. The average molecular weight is 375 g/mol. The zero-order valence-corrected chi connectivity index (χ0v) is 14.8. The minimum Gasteiger partial charge on any atom is -0.496 e. The molecule has 0 aliphatic heterocycles. The van der Waals surface area contributed by atoms with Gasteiger partial charge in [-0.15, -0.1) is 0 Å². The van der Waals surface area contributed by atoms with E-state index in [4.69, 9.17) is 16.3 Å². The second-order valence-corrected chi connectivity index (χ2v) is 5.91. The summed E-state index contributed by atoms with van der Waals surface area (Å²) in [5, 5.41) is 9.79. The summed E-state index contributed by atoms with van der Waals surface area (Å²) in [4.78, 5) is 12.2. The van der Waals surface area contributed by atoms with E-state index >= 15 is 0 Å². The lowest BCUT2D eigenvalue weighted by atomic mass is 10.1. The van der Waals surface area contributed by atoms with Crippen LogP contribution < -0.4 is 15.4 Å². The van der Waals surface area contributed by atoms with Crippen LogP contribution in [0.4, 0.5) is 20.6 Å². The van der Waals surface area contributed by atoms with Gasteiger partial charge in [-0.1, -0.05) is 17.7 Å². The summed E-state index contributed by atoms with van der Waals surface area (Å²) in [5.74, 6) is -0.0142. The number of nitrogens with one attached hydrogen (secondary N) is 2. The summed E-state index contributed by atoms with van der Waals surface area (Å²) >= 11 is 5.90. The van der Waals surface area contributed by atoms with E-state index in [1.165, 1.54) is 11.8 Å². The first kappa shape index (κ1) is 17.8. The van der Waals surface area contributed by atoms with Gasteiger partial charge >= 0.3 is 6.03 Å². The number of carbonyl (C=O) groups excluding carboxylic acids is 1. The van der Waals surface area contributed by atoms with Gasteiger partial charge in [-0.3, -0.25) is 4.68 Å². The van der Waals surface area contributed by atoms with Gasteiger partial charge in [-0.25, -0.2) is 9.18 Å². The molecule has 0 aliphatic carbocycles. The molecule has 1 heterocycles. The number of aryl methyl sites for hydroxylation is 1. The summed E-state index contributed by atoms with van der Waals surface area (Å²) in [6.45, 7) is 0. The third kappa shape index (κ3) is 3.78. The number of aromatic nitrogens is 2. The Morgan fingerprint density at radius 2 is 1.92 bits per heavy atom. The third-order valence-electron chi connectivity index (χ3n) is 3.69. The third-order valence-corrected chi connectivity index (χ3v) is 3.92. The molecular weight excluding hydrogens is 359 g/mol. The number of rotatable bonds is 4. The molecule has 26 heavy (non-hydrogen) atoms. The molecule has 0 bridgehead atoms. The molecule has 0 radical (unpaired) electrons. The zero-order valence-electron chi connectivity index (χ0n) is 14.1. The molecule has 0 saturated carbocycles. The zero-order chi connectivity index (χ0) is 18.7. The predicted octanol–water partition coefficient (Wildman–Crippen LogP) is 4.53. The number of hydrogen-bond donors (Lipinski definition) is 2. The molecule has 2 aromatic carbocycles. The van der Waals surface area contributed by atoms with E-state index in [1.54, 1.807) is 49.5 Å². The molecule has 2 amide bonds. The van der Waals surface area contributed by atoms with Gasteiger partial charge in [0.2, 0.25) is 0 Å². The van der Waals surface area contributed by atoms with E-state index in [2.05, 4.69) is 15.7 Å². The normalized spacial score (nSPS) is 10.5. The highest BCUT2D eigenvalue weighted by Gasteiger charge is 2.16. The lowest BCUT2D eigenvalue weighted by Gasteiger charge is -2.13. The van der Waals surface area contributed by atoms with E-state index in [1.807, 2.05) is 0 Å². The van der Waals surface area contributed by atoms with Crippen LogP contribution in [0.3, 0.4) is 0 Å². The van der Waals surface area contributed by atoms with Crippen LogP contribution in [-0.2, 0) is 7.05 Å². The Hall–Kier alpha value is -3.06. The summed E-state index contributed by atoms with van der Waals surface area (Å²) in [6.07, 6.45) is 1.13. The van der Waals surface area contributed by atoms with E-state index in [0.717, 1.165) is 6.20 Å². The predicted molar refractivity (Wildman–Crippen MR) is 99.2 cm³/mol. The van der Waals surface area contributed by atoms with Crippen LogP contribution in [0.2, 0.25) is 5.02 Å². The van der Waals surface area contributed by atoms with Crippen molar-refractivity contribution >= 4 is 29.0 Å². The maximum atomic E-state index is 14.1. The number of carbonyl (C=O) groups is 1. The van der Waals surface area contributed by atoms with Gasteiger partial charge in [-0.2, -0.15) is 5.10 Å². The van der Waals surface area contributed by atoms with Crippen molar-refractivity contribution in [3.8, 4) is 17.0 Å². The van der Waals surface area contributed by atoms with Crippen LogP contribution in [-0.4, -0.2) is 22.9 Å². The SMILES string of the molecule is COc1ccc(NC(=O)Nc2cccc(Cl)c2)cc1-c1c(F)cnn1C. The van der Waals surface area contributed by atoms with Crippen LogP contribution in [0.15, 0.2) is 48.7 Å². The molecule has 8 heteroatoms. The Labute approximate surface area is 154 Å². The summed E-state index contributed by atoms with van der Waals surface area (Å²) in [7, 11) is 3.12. The highest BCUT2D eigenvalue weighted by atomic mass is 35.5. The van der Waals surface area contributed by atoms with Gasteiger partial charge < -0.3 is 15.4 Å². The molecule has 0 fully saturated rings. The van der Waals surface area contributed by atoms with Gasteiger partial charge in [0.25, 0.3) is 0 Å². The number of amides is 2. The van der Waals surface area contributed by atoms with E-state index < -0.39 is 11.8 Å². The number of anilines is 2. The van der Waals surface area contributed by atoms with Crippen LogP contribution in [0.5, 0.6) is 5.75 Å². The minimum absolute atomic E-state index is 0.265. The van der Waals surface area contributed by atoms with E-state index in [0.29, 0.717) is 27.7 Å². The quantitative estimate of drug-likeness (QED) is 0.704. The lowest BCUT2D eigenvalue weighted by molar-refractivity contribution is 0.262. The van der Waals surface area contributed by atoms with Crippen molar-refractivity contribution in [1.82, 2.24) is 9.78 Å². The molecule has 0 spiro atoms. The van der Waals surface area contributed by atoms with Gasteiger partial charge in [0.15, 0.2) is 5.82 Å². The Kier molecular flexibility index (Phi) is 5.09. The standard InChI is InChI=1S/C18H16ClFN4O2/c1-24-17(15(20)10-21-24)14-9-13(6-7-16(14)26-2)23-18(25)22-12-5-3-4-11(19)8-12/h3-10H,1-2H3,(H2,22,23,25). The highest BCUT2D eigenvalue weighted by Crippen LogP contribution is 2.33. The van der Waals surface area contributed by atoms with Crippen LogP contribution in [0.25, 0.3) is 11.3 Å². The van der Waals surface area contributed by atoms with Crippen molar-refractivity contribution in [3.05, 3.63) is 59.5 Å². The molecule has 0 aliphatic rings. The molecule has 0 saturated heterocycles. The Morgan fingerprint density at radius 3 is 2.54 bits per heavy atom. The summed E-state index contributed by atoms with van der Waals surface area (Å²) in [6, 6.07) is 11.3. The molecule has 3 rings (SSSR count). The van der Waals surface area contributed by atoms with Crippen LogP contribution >= 0.6 is 11.6 Å². The lowest BCUT2D eigenvalue weighted by Crippen LogP contribution is -2.19. The summed E-state index contributed by atoms with van der Waals surface area (Å²) in [5.41, 5.74) is 1.77. The van der Waals surface area contributed by atoms with Gasteiger partial charge in [0.1, 0.15) is 11.4 Å². The minimum atomic E-state index is -0.480. The molecule has 1 aromatic heterocycles. The van der Waals surface area contributed by atoms with Crippen molar-refractivity contribution in [2.75, 3.05) is 17.7 Å². The van der Waals surface area contributed by atoms with Crippen LogP contribution in [0, 0.1) is 5.82 Å². The topological polar surface area (TPSA) is 68.2 Å². The number of ether oxygens (including phenoxy) is 1. The van der Waals surface area contributed by atoms with Crippen molar-refractivity contribution in [3.63, 3.8) is 0 Å². The fourth-order valence-electron chi connectivity index (χ4n) is 2.54. The molecule has 6 nitrogen and oxygen atoms in total. The van der Waals surface area contributed by atoms with Gasteiger partial charge in [0.05, 0.1) is 13.3 Å². The molecule has 0 atom stereocenters. The second kappa shape index (κ2) is 7.45. The summed E-state index contributed by atoms with van der Waals surface area (Å²) < 4.78 is 20.8. The molecular formula is C18H16ClFN4O2. The van der Waals surface area contributed by atoms with E-state index in [9.17, 15) is 9.18 Å². The van der Waals surface area contributed by atoms with Crippen molar-refractivity contribution < 1.29 is 13.9 Å². The second-order valence-electron chi connectivity index (χ2n) is 5.47. The first-order chi connectivity index (χ1) is 12.5. The monoisotopic (exact) mass is 374 g/mol.